The van der Waals surface area contributed by atoms with E-state index in [1.165, 1.54) is 24.0 Å². The zero-order valence-corrected chi connectivity index (χ0v) is 11.7. The van der Waals surface area contributed by atoms with Gasteiger partial charge in [0.2, 0.25) is 0 Å². The number of hydrogen-bond acceptors (Lipinski definition) is 3. The summed E-state index contributed by atoms with van der Waals surface area (Å²) in [6.45, 7) is 6.28. The summed E-state index contributed by atoms with van der Waals surface area (Å²) in [5, 5.41) is 7.28. The number of benzene rings is 1. The summed E-state index contributed by atoms with van der Waals surface area (Å²) in [6.07, 6.45) is 2.77. The molecule has 3 heteroatoms. The molecular weight excluding hydrogens is 236 g/mol. The molecule has 0 aliphatic carbocycles. The van der Waals surface area contributed by atoms with E-state index in [0.717, 1.165) is 26.2 Å². The van der Waals surface area contributed by atoms with Gasteiger partial charge in [-0.05, 0) is 43.4 Å². The van der Waals surface area contributed by atoms with Crippen molar-refractivity contribution in [2.75, 3.05) is 19.7 Å². The molecule has 0 saturated carbocycles. The molecule has 19 heavy (non-hydrogen) atoms. The van der Waals surface area contributed by atoms with Crippen molar-refractivity contribution in [3.05, 3.63) is 35.4 Å². The van der Waals surface area contributed by atoms with Gasteiger partial charge in [-0.3, -0.25) is 0 Å². The Morgan fingerprint density at radius 1 is 1.32 bits per heavy atom. The molecule has 0 aromatic heterocycles. The maximum atomic E-state index is 5.65. The molecule has 1 saturated heterocycles. The second-order valence-electron chi connectivity index (χ2n) is 5.75. The Morgan fingerprint density at radius 3 is 3.05 bits per heavy atom. The molecule has 0 radical (unpaired) electrons. The van der Waals surface area contributed by atoms with Crippen molar-refractivity contribution in [3.63, 3.8) is 0 Å². The summed E-state index contributed by atoms with van der Waals surface area (Å²) in [5.41, 5.74) is 2.91. The molecule has 0 spiro atoms. The number of ether oxygens (including phenoxy) is 1. The predicted molar refractivity (Wildman–Crippen MR) is 77.0 cm³/mol. The van der Waals surface area contributed by atoms with Crippen molar-refractivity contribution in [2.24, 2.45) is 5.92 Å². The summed E-state index contributed by atoms with van der Waals surface area (Å²) in [4.78, 5) is 0. The van der Waals surface area contributed by atoms with Gasteiger partial charge < -0.3 is 15.4 Å². The van der Waals surface area contributed by atoms with E-state index in [1.807, 2.05) is 0 Å². The molecule has 1 aromatic carbocycles. The molecule has 2 aliphatic heterocycles. The van der Waals surface area contributed by atoms with Gasteiger partial charge in [-0.1, -0.05) is 24.3 Å². The maximum Gasteiger partial charge on any atom is 0.0588 e. The van der Waals surface area contributed by atoms with Crippen molar-refractivity contribution in [2.45, 2.75) is 38.5 Å². The summed E-state index contributed by atoms with van der Waals surface area (Å²) < 4.78 is 5.65. The molecule has 1 aromatic rings. The molecule has 1 fully saturated rings. The van der Waals surface area contributed by atoms with Crippen LogP contribution in [0.3, 0.4) is 0 Å². The lowest BCUT2D eigenvalue weighted by Crippen LogP contribution is -2.31. The highest BCUT2D eigenvalue weighted by molar-refractivity contribution is 5.31. The minimum absolute atomic E-state index is 0.409. The first-order valence-electron chi connectivity index (χ1n) is 7.48. The molecule has 2 N–H and O–H groups in total. The van der Waals surface area contributed by atoms with Gasteiger partial charge in [0.05, 0.1) is 6.10 Å². The van der Waals surface area contributed by atoms with Gasteiger partial charge in [0.25, 0.3) is 0 Å². The van der Waals surface area contributed by atoms with E-state index in [1.54, 1.807) is 0 Å². The van der Waals surface area contributed by atoms with Crippen LogP contribution in [-0.4, -0.2) is 25.8 Å². The van der Waals surface area contributed by atoms with Gasteiger partial charge in [-0.15, -0.1) is 0 Å². The first-order valence-corrected chi connectivity index (χ1v) is 7.48. The van der Waals surface area contributed by atoms with Crippen LogP contribution < -0.4 is 10.6 Å². The highest BCUT2D eigenvalue weighted by Gasteiger charge is 2.25. The Kier molecular flexibility index (Phi) is 4.16. The minimum Gasteiger partial charge on any atom is -0.378 e. The van der Waals surface area contributed by atoms with E-state index < -0.39 is 0 Å². The van der Waals surface area contributed by atoms with Crippen LogP contribution >= 0.6 is 0 Å². The fourth-order valence-corrected chi connectivity index (χ4v) is 3.21. The zero-order valence-electron chi connectivity index (χ0n) is 11.7. The normalized spacial score (nSPS) is 30.9. The van der Waals surface area contributed by atoms with Gasteiger partial charge in [-0.2, -0.15) is 0 Å². The molecule has 3 unspecified atom stereocenters. The van der Waals surface area contributed by atoms with Crippen LogP contribution in [0.4, 0.5) is 0 Å². The largest absolute Gasteiger partial charge is 0.378 e. The van der Waals surface area contributed by atoms with Crippen LogP contribution in [0.1, 0.15) is 36.9 Å². The van der Waals surface area contributed by atoms with E-state index in [9.17, 15) is 0 Å². The third kappa shape index (κ3) is 2.99. The Hall–Kier alpha value is -0.900. The molecule has 3 nitrogen and oxygen atoms in total. The summed E-state index contributed by atoms with van der Waals surface area (Å²) >= 11 is 0. The van der Waals surface area contributed by atoms with Crippen LogP contribution in [-0.2, 0) is 11.3 Å². The average Bonchev–Trinajstić information content (AvgIpc) is 2.73. The van der Waals surface area contributed by atoms with E-state index in [-0.39, 0.29) is 0 Å². The van der Waals surface area contributed by atoms with E-state index in [0.29, 0.717) is 18.1 Å². The quantitative estimate of drug-likeness (QED) is 0.874. The van der Waals surface area contributed by atoms with Crippen LogP contribution in [0.2, 0.25) is 0 Å². The van der Waals surface area contributed by atoms with Crippen molar-refractivity contribution < 1.29 is 4.74 Å². The number of fused-ring (bicyclic) bond motifs is 1. The Morgan fingerprint density at radius 2 is 2.21 bits per heavy atom. The highest BCUT2D eigenvalue weighted by Crippen LogP contribution is 2.25. The first-order chi connectivity index (χ1) is 9.34. The number of rotatable bonds is 3. The first kappa shape index (κ1) is 13.1. The van der Waals surface area contributed by atoms with Gasteiger partial charge in [0.15, 0.2) is 0 Å². The third-order valence-corrected chi connectivity index (χ3v) is 4.52. The summed E-state index contributed by atoms with van der Waals surface area (Å²) in [6, 6.07) is 9.28. The number of nitrogens with one attached hydrogen (secondary N) is 2. The van der Waals surface area contributed by atoms with Gasteiger partial charge in [0, 0.05) is 25.7 Å². The molecule has 0 bridgehead atoms. The fraction of sp³-hybridized carbons (Fsp3) is 0.625. The highest BCUT2D eigenvalue weighted by atomic mass is 16.5. The van der Waals surface area contributed by atoms with Crippen LogP contribution in [0.25, 0.3) is 0 Å². The van der Waals surface area contributed by atoms with Crippen molar-refractivity contribution in [1.82, 2.24) is 10.6 Å². The number of hydrogen-bond donors (Lipinski definition) is 2. The third-order valence-electron chi connectivity index (χ3n) is 4.52. The van der Waals surface area contributed by atoms with Crippen molar-refractivity contribution in [3.8, 4) is 0 Å². The predicted octanol–water partition coefficient (Wildman–Crippen LogP) is 2.24. The van der Waals surface area contributed by atoms with Crippen LogP contribution in [0, 0.1) is 5.92 Å². The van der Waals surface area contributed by atoms with E-state index >= 15 is 0 Å². The second-order valence-corrected chi connectivity index (χ2v) is 5.75. The lowest BCUT2D eigenvalue weighted by Gasteiger charge is -2.22. The standard InChI is InChI=1S/C16H24N2O/c1-12-13(7-9-19-12)11-18-16-6-8-17-10-14-4-2-3-5-15(14)16/h2-5,12-13,16-18H,6-11H2,1H3. The lowest BCUT2D eigenvalue weighted by atomic mass is 9.97. The van der Waals surface area contributed by atoms with Crippen LogP contribution in [0.5, 0.6) is 0 Å². The summed E-state index contributed by atoms with van der Waals surface area (Å²) in [7, 11) is 0. The minimum atomic E-state index is 0.409. The molecule has 0 amide bonds. The molecule has 104 valence electrons. The van der Waals surface area contributed by atoms with E-state index in [2.05, 4.69) is 41.8 Å². The van der Waals surface area contributed by atoms with Gasteiger partial charge >= 0.3 is 0 Å². The average molecular weight is 260 g/mol. The van der Waals surface area contributed by atoms with Crippen LogP contribution in [0.15, 0.2) is 24.3 Å². The smallest absolute Gasteiger partial charge is 0.0588 e. The molecular formula is C16H24N2O. The molecule has 2 aliphatic rings. The lowest BCUT2D eigenvalue weighted by molar-refractivity contribution is 0.105. The monoisotopic (exact) mass is 260 g/mol. The van der Waals surface area contributed by atoms with Gasteiger partial charge in [-0.25, -0.2) is 0 Å². The maximum absolute atomic E-state index is 5.65. The molecule has 3 atom stereocenters. The van der Waals surface area contributed by atoms with Gasteiger partial charge in [0.1, 0.15) is 0 Å². The molecule has 2 heterocycles. The molecule has 3 rings (SSSR count). The SMILES string of the molecule is CC1OCCC1CNC1CCNCc2ccccc21. The topological polar surface area (TPSA) is 33.3 Å². The van der Waals surface area contributed by atoms with Crippen molar-refractivity contribution >= 4 is 0 Å². The van der Waals surface area contributed by atoms with E-state index in [4.69, 9.17) is 4.74 Å². The second kappa shape index (κ2) is 6.04. The Bertz CT molecular complexity index is 421. The Labute approximate surface area is 115 Å². The summed E-state index contributed by atoms with van der Waals surface area (Å²) in [5.74, 6) is 0.670. The van der Waals surface area contributed by atoms with Crippen molar-refractivity contribution in [1.29, 1.82) is 0 Å². The zero-order chi connectivity index (χ0) is 13.1. The Balaban J connectivity index is 1.67. The fourth-order valence-electron chi connectivity index (χ4n) is 3.21.